The smallest absolute Gasteiger partial charge is 0.238 e. The first-order chi connectivity index (χ1) is 13.2. The molecule has 6 heteroatoms. The highest BCUT2D eigenvalue weighted by Crippen LogP contribution is 2.27. The van der Waals surface area contributed by atoms with Crippen LogP contribution >= 0.6 is 0 Å². The van der Waals surface area contributed by atoms with Crippen molar-refractivity contribution < 1.29 is 19.0 Å². The first kappa shape index (κ1) is 20.3. The molecule has 0 radical (unpaired) electrons. The number of hydrogen-bond donors (Lipinski definition) is 2. The van der Waals surface area contributed by atoms with Crippen LogP contribution in [0.15, 0.2) is 42.5 Å². The fraction of sp³-hybridized carbons (Fsp3) is 0.409. The monoisotopic (exact) mass is 386 g/mol. The number of nitrogens with zero attached hydrogens (tertiary/aromatic N) is 1. The van der Waals surface area contributed by atoms with Gasteiger partial charge in [-0.3, -0.25) is 9.69 Å². The minimum absolute atomic E-state index is 0.117. The lowest BCUT2D eigenvalue weighted by Gasteiger charge is -2.42. The van der Waals surface area contributed by atoms with Crippen molar-refractivity contribution in [2.75, 3.05) is 25.0 Å². The second kappa shape index (κ2) is 8.29. The number of likely N-dealkylation sites (tertiary alicyclic amines) is 1. The van der Waals surface area contributed by atoms with E-state index in [1.807, 2.05) is 36.9 Å². The van der Waals surface area contributed by atoms with Crippen molar-refractivity contribution in [2.24, 2.45) is 0 Å². The zero-order chi connectivity index (χ0) is 20.3. The standard InChI is InChI=1S/C22H27FN2O3/c1-15-7-8-16(2)19(11-15)24-21(26)13-25-10-9-20(22(3,27)14-25)28-18-6-4-5-17(23)12-18/h4-8,11-12,20,27H,9-10,13-14H2,1-3H3,(H,24,26)/t20-,22-/m0/s1. The number of aliphatic hydroxyl groups is 1. The number of amides is 1. The maximum atomic E-state index is 13.4. The highest BCUT2D eigenvalue weighted by atomic mass is 19.1. The van der Waals surface area contributed by atoms with Gasteiger partial charge in [-0.05, 0) is 56.5 Å². The van der Waals surface area contributed by atoms with E-state index in [2.05, 4.69) is 5.32 Å². The van der Waals surface area contributed by atoms with Crippen molar-refractivity contribution in [2.45, 2.75) is 38.9 Å². The summed E-state index contributed by atoms with van der Waals surface area (Å²) in [4.78, 5) is 14.4. The van der Waals surface area contributed by atoms with Crippen LogP contribution in [0.4, 0.5) is 10.1 Å². The van der Waals surface area contributed by atoms with Crippen LogP contribution in [0.1, 0.15) is 24.5 Å². The van der Waals surface area contributed by atoms with Crippen LogP contribution in [0.5, 0.6) is 5.75 Å². The highest BCUT2D eigenvalue weighted by Gasteiger charge is 2.40. The number of carbonyl (C=O) groups excluding carboxylic acids is 1. The van der Waals surface area contributed by atoms with Crippen LogP contribution in [0.3, 0.4) is 0 Å². The molecule has 3 rings (SSSR count). The summed E-state index contributed by atoms with van der Waals surface area (Å²) in [5, 5.41) is 13.8. The second-order valence-electron chi connectivity index (χ2n) is 7.79. The number of piperidine rings is 1. The van der Waals surface area contributed by atoms with Crippen molar-refractivity contribution in [1.29, 1.82) is 0 Å². The molecule has 1 fully saturated rings. The predicted molar refractivity (Wildman–Crippen MR) is 107 cm³/mol. The Labute approximate surface area is 165 Å². The van der Waals surface area contributed by atoms with Gasteiger partial charge in [0, 0.05) is 24.8 Å². The average Bonchev–Trinajstić information content (AvgIpc) is 2.60. The van der Waals surface area contributed by atoms with E-state index >= 15 is 0 Å². The van der Waals surface area contributed by atoms with E-state index in [0.717, 1.165) is 16.8 Å². The Bertz CT molecular complexity index is 853. The van der Waals surface area contributed by atoms with Crippen LogP contribution in [0, 0.1) is 19.7 Å². The fourth-order valence-electron chi connectivity index (χ4n) is 3.53. The molecule has 0 aliphatic carbocycles. The molecule has 28 heavy (non-hydrogen) atoms. The van der Waals surface area contributed by atoms with Crippen LogP contribution < -0.4 is 10.1 Å². The Kier molecular flexibility index (Phi) is 6.01. The lowest BCUT2D eigenvalue weighted by Crippen LogP contribution is -2.58. The van der Waals surface area contributed by atoms with Crippen LogP contribution in [-0.2, 0) is 4.79 Å². The predicted octanol–water partition coefficient (Wildman–Crippen LogP) is 3.29. The van der Waals surface area contributed by atoms with Crippen molar-refractivity contribution >= 4 is 11.6 Å². The summed E-state index contributed by atoms with van der Waals surface area (Å²) >= 11 is 0. The number of nitrogens with one attached hydrogen (secondary N) is 1. The van der Waals surface area contributed by atoms with Gasteiger partial charge >= 0.3 is 0 Å². The summed E-state index contributed by atoms with van der Waals surface area (Å²) in [5.74, 6) is -0.0990. The number of anilines is 1. The van der Waals surface area contributed by atoms with Gasteiger partial charge in [0.15, 0.2) is 0 Å². The van der Waals surface area contributed by atoms with Gasteiger partial charge < -0.3 is 15.2 Å². The maximum Gasteiger partial charge on any atom is 0.238 e. The summed E-state index contributed by atoms with van der Waals surface area (Å²) in [5.41, 5.74) is 1.75. The number of benzene rings is 2. The van der Waals surface area contributed by atoms with Crippen LogP contribution in [-0.4, -0.2) is 47.3 Å². The molecular weight excluding hydrogens is 359 g/mol. The fourth-order valence-corrected chi connectivity index (χ4v) is 3.53. The molecule has 2 aromatic carbocycles. The molecule has 150 valence electrons. The zero-order valence-corrected chi connectivity index (χ0v) is 16.5. The molecule has 0 unspecified atom stereocenters. The summed E-state index contributed by atoms with van der Waals surface area (Å²) in [6, 6.07) is 11.8. The molecule has 1 aliphatic rings. The van der Waals surface area contributed by atoms with Gasteiger partial charge in [-0.2, -0.15) is 0 Å². The third-order valence-electron chi connectivity index (χ3n) is 5.05. The van der Waals surface area contributed by atoms with E-state index in [4.69, 9.17) is 4.74 Å². The van der Waals surface area contributed by atoms with Crippen LogP contribution in [0.25, 0.3) is 0 Å². The van der Waals surface area contributed by atoms with E-state index in [-0.39, 0.29) is 18.3 Å². The maximum absolute atomic E-state index is 13.4. The quantitative estimate of drug-likeness (QED) is 0.828. The van der Waals surface area contributed by atoms with Crippen molar-refractivity contribution in [1.82, 2.24) is 4.90 Å². The molecule has 2 aromatic rings. The largest absolute Gasteiger partial charge is 0.487 e. The van der Waals surface area contributed by atoms with Gasteiger partial charge in [-0.1, -0.05) is 18.2 Å². The number of ether oxygens (including phenoxy) is 1. The molecule has 1 aliphatic heterocycles. The lowest BCUT2D eigenvalue weighted by molar-refractivity contribution is -0.123. The van der Waals surface area contributed by atoms with E-state index in [0.29, 0.717) is 25.3 Å². The molecule has 1 heterocycles. The Morgan fingerprint density at radius 3 is 2.82 bits per heavy atom. The third kappa shape index (κ3) is 5.09. The number of aryl methyl sites for hydroxylation is 2. The molecule has 0 saturated carbocycles. The topological polar surface area (TPSA) is 61.8 Å². The van der Waals surface area contributed by atoms with E-state index < -0.39 is 11.7 Å². The zero-order valence-electron chi connectivity index (χ0n) is 16.5. The molecule has 0 spiro atoms. The summed E-state index contributed by atoms with van der Waals surface area (Å²) in [6.45, 7) is 6.72. The van der Waals surface area contributed by atoms with Gasteiger partial charge in [-0.25, -0.2) is 4.39 Å². The lowest BCUT2D eigenvalue weighted by atomic mass is 9.91. The Balaban J connectivity index is 1.57. The normalized spacial score (nSPS) is 22.7. The van der Waals surface area contributed by atoms with E-state index in [9.17, 15) is 14.3 Å². The summed E-state index contributed by atoms with van der Waals surface area (Å²) in [6.07, 6.45) is 0.0768. The molecule has 2 atom stereocenters. The Morgan fingerprint density at radius 1 is 1.32 bits per heavy atom. The summed E-state index contributed by atoms with van der Waals surface area (Å²) in [7, 11) is 0. The minimum Gasteiger partial charge on any atom is -0.487 e. The third-order valence-corrected chi connectivity index (χ3v) is 5.05. The first-order valence-electron chi connectivity index (χ1n) is 9.47. The van der Waals surface area contributed by atoms with Crippen molar-refractivity contribution in [3.63, 3.8) is 0 Å². The van der Waals surface area contributed by atoms with Crippen LogP contribution in [0.2, 0.25) is 0 Å². The van der Waals surface area contributed by atoms with Gasteiger partial charge in [0.05, 0.1) is 6.54 Å². The number of β-amino-alcohol motifs (C(OH)–C–C–N with tert-alkyl or cyclic N) is 1. The minimum atomic E-state index is -1.15. The molecular formula is C22H27FN2O3. The van der Waals surface area contributed by atoms with Crippen molar-refractivity contribution in [3.05, 3.63) is 59.4 Å². The Hall–Kier alpha value is -2.44. The van der Waals surface area contributed by atoms with Gasteiger partial charge in [0.1, 0.15) is 23.3 Å². The van der Waals surface area contributed by atoms with Crippen molar-refractivity contribution in [3.8, 4) is 5.75 Å². The molecule has 5 nitrogen and oxygen atoms in total. The number of halogens is 1. The second-order valence-corrected chi connectivity index (χ2v) is 7.79. The number of rotatable bonds is 5. The van der Waals surface area contributed by atoms with E-state index in [1.54, 1.807) is 19.1 Å². The SMILES string of the molecule is Cc1ccc(C)c(NC(=O)CN2CC[C@H](Oc3cccc(F)c3)[C@@](C)(O)C2)c1. The molecule has 1 amide bonds. The van der Waals surface area contributed by atoms with Gasteiger partial charge in [-0.15, -0.1) is 0 Å². The van der Waals surface area contributed by atoms with E-state index in [1.165, 1.54) is 12.1 Å². The highest BCUT2D eigenvalue weighted by molar-refractivity contribution is 5.93. The molecule has 0 aromatic heterocycles. The van der Waals surface area contributed by atoms with Gasteiger partial charge in [0.25, 0.3) is 0 Å². The molecule has 1 saturated heterocycles. The number of hydrogen-bond acceptors (Lipinski definition) is 4. The average molecular weight is 386 g/mol. The molecule has 0 bridgehead atoms. The Morgan fingerprint density at radius 2 is 2.11 bits per heavy atom. The van der Waals surface area contributed by atoms with Gasteiger partial charge in [0.2, 0.25) is 5.91 Å². The first-order valence-corrected chi connectivity index (χ1v) is 9.47. The number of carbonyl (C=O) groups is 1. The molecule has 2 N–H and O–H groups in total. The summed E-state index contributed by atoms with van der Waals surface area (Å²) < 4.78 is 19.2.